The zero-order valence-corrected chi connectivity index (χ0v) is 59.7. The maximum Gasteiger partial charge on any atom is 3.00 e. The van der Waals surface area contributed by atoms with Crippen LogP contribution in [0.25, 0.3) is 134 Å². The van der Waals surface area contributed by atoms with Crippen LogP contribution in [0.3, 0.4) is 0 Å². The molecule has 0 spiro atoms. The smallest absolute Gasteiger partial charge is 0.351 e. The van der Waals surface area contributed by atoms with Crippen molar-refractivity contribution < 1.29 is 20.1 Å². The van der Waals surface area contributed by atoms with E-state index < -0.39 is 0 Å². The van der Waals surface area contributed by atoms with Crippen molar-refractivity contribution in [3.05, 3.63) is 342 Å². The molecular formula is C90H72IrN9. The number of fused-ring (bicyclic) bond motifs is 9. The molecule has 0 atom stereocenters. The zero-order valence-electron chi connectivity index (χ0n) is 57.3. The minimum atomic E-state index is 0. The van der Waals surface area contributed by atoms with Crippen LogP contribution in [0.2, 0.25) is 0 Å². The average Bonchev–Trinajstić information content (AvgIpc) is 1.59. The Bertz CT molecular complexity index is 5430. The summed E-state index contributed by atoms with van der Waals surface area (Å²) >= 11 is 0. The molecule has 18 rings (SSSR count). The van der Waals surface area contributed by atoms with Gasteiger partial charge < -0.3 is 27.4 Å². The van der Waals surface area contributed by atoms with Crippen LogP contribution >= 0.6 is 0 Å². The number of para-hydroxylation sites is 6. The van der Waals surface area contributed by atoms with E-state index in [0.717, 1.165) is 67.8 Å². The van der Waals surface area contributed by atoms with Gasteiger partial charge in [-0.25, -0.2) is 0 Å². The van der Waals surface area contributed by atoms with E-state index in [2.05, 4.69) is 345 Å². The zero-order chi connectivity index (χ0) is 67.6. The van der Waals surface area contributed by atoms with E-state index >= 15 is 0 Å². The van der Waals surface area contributed by atoms with Crippen LogP contribution in [0.15, 0.2) is 274 Å². The molecule has 0 amide bonds. The van der Waals surface area contributed by atoms with Crippen molar-refractivity contribution in [2.24, 2.45) is 0 Å². The van der Waals surface area contributed by atoms with Crippen molar-refractivity contribution in [3.8, 4) is 68.3 Å². The standard InChI is InChI=1S/3C30H24N3.Ir/c3*1-20-17-21(2)29(22(3)18-20)32-16-15-31-30(32)23-13-14-28-26(19-23)25-11-7-8-12-27(25)33(28)24-9-5-4-6-10-24;/h3*4-12,14-19H,1-3H3;/q3*-1;+3. The van der Waals surface area contributed by atoms with Crippen molar-refractivity contribution in [1.29, 1.82) is 0 Å². The number of aromatic nitrogens is 9. The fourth-order valence-electron chi connectivity index (χ4n) is 15.4. The van der Waals surface area contributed by atoms with Gasteiger partial charge in [-0.05, 0) is 183 Å². The van der Waals surface area contributed by atoms with E-state index in [1.165, 1.54) is 116 Å². The average molecular weight is 1470 g/mol. The molecule has 486 valence electrons. The molecule has 0 saturated heterocycles. The fraction of sp³-hybridized carbons (Fsp3) is 0.100. The molecule has 10 heteroatoms. The van der Waals surface area contributed by atoms with Gasteiger partial charge in [0.2, 0.25) is 0 Å². The summed E-state index contributed by atoms with van der Waals surface area (Å²) in [5.74, 6) is 2.72. The van der Waals surface area contributed by atoms with Crippen molar-refractivity contribution >= 4 is 65.4 Å². The summed E-state index contributed by atoms with van der Waals surface area (Å²) in [7, 11) is 0. The van der Waals surface area contributed by atoms with Gasteiger partial charge in [-0.3, -0.25) is 15.0 Å². The van der Waals surface area contributed by atoms with Crippen LogP contribution in [0, 0.1) is 80.5 Å². The molecule has 6 aromatic heterocycles. The van der Waals surface area contributed by atoms with Crippen LogP contribution in [0.5, 0.6) is 0 Å². The van der Waals surface area contributed by atoms with Crippen molar-refractivity contribution in [3.63, 3.8) is 0 Å². The van der Waals surface area contributed by atoms with E-state index in [0.29, 0.717) is 0 Å². The van der Waals surface area contributed by atoms with Crippen molar-refractivity contribution in [1.82, 2.24) is 42.4 Å². The molecule has 18 aromatic rings. The third-order valence-corrected chi connectivity index (χ3v) is 19.1. The third-order valence-electron chi connectivity index (χ3n) is 19.1. The summed E-state index contributed by atoms with van der Waals surface area (Å²) in [6.07, 6.45) is 11.8. The minimum absolute atomic E-state index is 0. The Morgan fingerprint density at radius 3 is 0.760 bits per heavy atom. The van der Waals surface area contributed by atoms with Gasteiger partial charge in [0, 0.05) is 87.9 Å². The van der Waals surface area contributed by atoms with Gasteiger partial charge in [0.1, 0.15) is 0 Å². The Balaban J connectivity index is 0.000000121. The maximum absolute atomic E-state index is 4.74. The van der Waals surface area contributed by atoms with Crippen LogP contribution in [-0.4, -0.2) is 42.4 Å². The number of rotatable bonds is 9. The molecule has 6 heterocycles. The summed E-state index contributed by atoms with van der Waals surface area (Å²) in [4.78, 5) is 14.2. The van der Waals surface area contributed by atoms with Crippen molar-refractivity contribution in [2.45, 2.75) is 62.3 Å². The first-order valence-corrected chi connectivity index (χ1v) is 33.7. The first kappa shape index (κ1) is 64.3. The van der Waals surface area contributed by atoms with Crippen molar-refractivity contribution in [2.75, 3.05) is 0 Å². The minimum Gasteiger partial charge on any atom is -0.351 e. The first-order valence-electron chi connectivity index (χ1n) is 33.7. The van der Waals surface area contributed by atoms with Crippen LogP contribution in [-0.2, 0) is 20.1 Å². The Labute approximate surface area is 596 Å². The fourth-order valence-corrected chi connectivity index (χ4v) is 15.4. The number of aryl methyl sites for hydroxylation is 9. The molecule has 9 nitrogen and oxygen atoms in total. The van der Waals surface area contributed by atoms with Crippen LogP contribution < -0.4 is 0 Å². The molecule has 0 radical (unpaired) electrons. The number of hydrogen-bond donors (Lipinski definition) is 0. The largest absolute Gasteiger partial charge is 3.00 e. The summed E-state index contributed by atoms with van der Waals surface area (Å²) < 4.78 is 13.5. The molecule has 100 heavy (non-hydrogen) atoms. The molecule has 0 saturated carbocycles. The molecular weight excluding hydrogens is 1400 g/mol. The molecule has 0 aliphatic heterocycles. The number of imidazole rings is 3. The predicted octanol–water partition coefficient (Wildman–Crippen LogP) is 22.1. The van der Waals surface area contributed by atoms with Gasteiger partial charge in [0.15, 0.2) is 0 Å². The predicted molar refractivity (Wildman–Crippen MR) is 409 cm³/mol. The molecule has 0 unspecified atom stereocenters. The Morgan fingerprint density at radius 1 is 0.260 bits per heavy atom. The summed E-state index contributed by atoms with van der Waals surface area (Å²) in [5, 5.41) is 7.30. The molecule has 12 aromatic carbocycles. The third kappa shape index (κ3) is 11.4. The summed E-state index contributed by atoms with van der Waals surface area (Å²) in [5.41, 5.74) is 28.3. The van der Waals surface area contributed by atoms with Gasteiger partial charge in [0.05, 0.1) is 17.5 Å². The Morgan fingerprint density at radius 2 is 0.500 bits per heavy atom. The van der Waals surface area contributed by atoms with Crippen LogP contribution in [0.1, 0.15) is 50.1 Å². The second-order valence-corrected chi connectivity index (χ2v) is 26.1. The first-order chi connectivity index (χ1) is 48.3. The number of hydrogen-bond acceptors (Lipinski definition) is 3. The number of nitrogens with zero attached hydrogens (tertiary/aromatic N) is 9. The van der Waals surface area contributed by atoms with Gasteiger partial charge in [-0.15, -0.1) is 71.3 Å². The molecule has 0 fully saturated rings. The van der Waals surface area contributed by atoms with E-state index in [-0.39, 0.29) is 20.1 Å². The Hall–Kier alpha value is -11.7. The number of benzene rings is 12. The Kier molecular flexibility index (Phi) is 17.1. The van der Waals surface area contributed by atoms with Gasteiger partial charge in [-0.2, -0.15) is 0 Å². The summed E-state index contributed by atoms with van der Waals surface area (Å²) in [6.45, 7) is 19.4. The SMILES string of the molecule is Cc1cc(C)c(-n2ccnc2-c2[c-]cc3c(c2)c2ccccc2n3-c2ccccc2)c(C)c1.Cc1cc(C)c(-n2ccnc2-c2[c-]cc3c(c2)c2ccccc2n3-c2ccccc2)c(C)c1.Cc1cc(C)c(-n2ccnc2-c2[c-]cc3c(c2)c2ccccc2n3-c2ccccc2)c(C)c1.[Ir+3]. The molecule has 0 aliphatic carbocycles. The van der Waals surface area contributed by atoms with E-state index in [1.54, 1.807) is 0 Å². The molecule has 0 bridgehead atoms. The van der Waals surface area contributed by atoms with E-state index in [9.17, 15) is 0 Å². The van der Waals surface area contributed by atoms with Crippen LogP contribution in [0.4, 0.5) is 0 Å². The molecule has 0 N–H and O–H groups in total. The quantitative estimate of drug-likeness (QED) is 0.135. The maximum atomic E-state index is 4.74. The van der Waals surface area contributed by atoms with Gasteiger partial charge >= 0.3 is 20.1 Å². The second-order valence-electron chi connectivity index (χ2n) is 26.1. The molecule has 0 aliphatic rings. The van der Waals surface area contributed by atoms with E-state index in [1.807, 2.05) is 37.2 Å². The summed E-state index contributed by atoms with van der Waals surface area (Å²) in [6, 6.07) is 94.3. The topological polar surface area (TPSA) is 68.2 Å². The van der Waals surface area contributed by atoms with E-state index in [4.69, 9.17) is 15.0 Å². The monoisotopic (exact) mass is 1470 g/mol. The normalized spacial score (nSPS) is 11.4. The van der Waals surface area contributed by atoms with Gasteiger partial charge in [0.25, 0.3) is 0 Å². The van der Waals surface area contributed by atoms with Gasteiger partial charge in [-0.1, -0.05) is 178 Å². The second kappa shape index (κ2) is 26.6.